The lowest BCUT2D eigenvalue weighted by molar-refractivity contribution is -0.121. The first-order valence-electron chi connectivity index (χ1n) is 7.77. The fraction of sp³-hybridized carbons (Fsp3) is 0.158. The average molecular weight is 370 g/mol. The van der Waals surface area contributed by atoms with E-state index < -0.39 is 0 Å². The molecular formula is C19H18N2O2S2. The van der Waals surface area contributed by atoms with Gasteiger partial charge in [-0.3, -0.25) is 9.69 Å². The molecule has 3 rings (SSSR count). The number of benzene rings is 2. The van der Waals surface area contributed by atoms with Crippen molar-refractivity contribution in [3.05, 3.63) is 64.6 Å². The van der Waals surface area contributed by atoms with Gasteiger partial charge in [-0.2, -0.15) is 0 Å². The van der Waals surface area contributed by atoms with Crippen LogP contribution in [-0.4, -0.2) is 28.9 Å². The standard InChI is InChI=1S/C19H18N2O2S2/c1-13-4-3-5-15(10-13)20-12-21-18(22)17(25-19(21)24)11-14-6-8-16(23-2)9-7-14/h3-11,20H,12H2,1-2H3. The fourth-order valence-corrected chi connectivity index (χ4v) is 3.67. The van der Waals surface area contributed by atoms with Crippen molar-refractivity contribution in [2.45, 2.75) is 6.92 Å². The van der Waals surface area contributed by atoms with Crippen molar-refractivity contribution >= 4 is 46.0 Å². The highest BCUT2D eigenvalue weighted by molar-refractivity contribution is 8.26. The maximum atomic E-state index is 12.6. The van der Waals surface area contributed by atoms with Gasteiger partial charge in [0.25, 0.3) is 5.91 Å². The largest absolute Gasteiger partial charge is 0.497 e. The summed E-state index contributed by atoms with van der Waals surface area (Å²) < 4.78 is 5.71. The van der Waals surface area contributed by atoms with Crippen molar-refractivity contribution in [1.82, 2.24) is 4.90 Å². The molecule has 0 saturated carbocycles. The van der Waals surface area contributed by atoms with Crippen LogP contribution in [0.15, 0.2) is 53.4 Å². The molecule has 0 aromatic heterocycles. The van der Waals surface area contributed by atoms with Crippen LogP contribution >= 0.6 is 24.0 Å². The lowest BCUT2D eigenvalue weighted by atomic mass is 10.2. The Kier molecular flexibility index (Phi) is 5.40. The highest BCUT2D eigenvalue weighted by Gasteiger charge is 2.31. The van der Waals surface area contributed by atoms with Gasteiger partial charge in [0.1, 0.15) is 10.1 Å². The highest BCUT2D eigenvalue weighted by atomic mass is 32.2. The number of thioether (sulfide) groups is 1. The van der Waals surface area contributed by atoms with Crippen LogP contribution in [0, 0.1) is 6.92 Å². The molecule has 1 amide bonds. The van der Waals surface area contributed by atoms with Crippen LogP contribution in [0.4, 0.5) is 5.69 Å². The summed E-state index contributed by atoms with van der Waals surface area (Å²) in [6, 6.07) is 15.6. The molecule has 6 heteroatoms. The number of carbonyl (C=O) groups is 1. The predicted molar refractivity (Wildman–Crippen MR) is 108 cm³/mol. The van der Waals surface area contributed by atoms with E-state index in [1.807, 2.05) is 61.5 Å². The Balaban J connectivity index is 1.69. The summed E-state index contributed by atoms with van der Waals surface area (Å²) in [5, 5.41) is 3.25. The van der Waals surface area contributed by atoms with Crippen LogP contribution in [-0.2, 0) is 4.79 Å². The number of hydrogen-bond acceptors (Lipinski definition) is 5. The minimum Gasteiger partial charge on any atom is -0.497 e. The SMILES string of the molecule is COc1ccc(C=C2SC(=S)N(CNc3cccc(C)c3)C2=O)cc1. The number of amides is 1. The van der Waals surface area contributed by atoms with Crippen LogP contribution in [0.5, 0.6) is 5.75 Å². The smallest absolute Gasteiger partial charge is 0.267 e. The lowest BCUT2D eigenvalue weighted by Gasteiger charge is -2.16. The van der Waals surface area contributed by atoms with E-state index in [0.29, 0.717) is 15.9 Å². The van der Waals surface area contributed by atoms with Crippen molar-refractivity contribution in [1.29, 1.82) is 0 Å². The minimum atomic E-state index is -0.0778. The molecule has 2 aromatic carbocycles. The van der Waals surface area contributed by atoms with Gasteiger partial charge in [-0.15, -0.1) is 0 Å². The number of nitrogens with one attached hydrogen (secondary N) is 1. The van der Waals surface area contributed by atoms with E-state index in [1.54, 1.807) is 12.0 Å². The summed E-state index contributed by atoms with van der Waals surface area (Å²) in [6.07, 6.45) is 1.85. The molecule has 2 aromatic rings. The molecular weight excluding hydrogens is 352 g/mol. The number of methoxy groups -OCH3 is 1. The van der Waals surface area contributed by atoms with Crippen molar-refractivity contribution < 1.29 is 9.53 Å². The van der Waals surface area contributed by atoms with E-state index >= 15 is 0 Å². The topological polar surface area (TPSA) is 41.6 Å². The second-order valence-corrected chi connectivity index (χ2v) is 7.26. The highest BCUT2D eigenvalue weighted by Crippen LogP contribution is 2.32. The predicted octanol–water partition coefficient (Wildman–Crippen LogP) is 4.27. The van der Waals surface area contributed by atoms with E-state index in [1.165, 1.54) is 11.8 Å². The van der Waals surface area contributed by atoms with Crippen molar-refractivity contribution in [2.24, 2.45) is 0 Å². The summed E-state index contributed by atoms with van der Waals surface area (Å²) in [6.45, 7) is 2.39. The van der Waals surface area contributed by atoms with E-state index in [0.717, 1.165) is 22.6 Å². The number of anilines is 1. The van der Waals surface area contributed by atoms with Gasteiger partial charge >= 0.3 is 0 Å². The Labute approximate surface area is 156 Å². The van der Waals surface area contributed by atoms with Crippen molar-refractivity contribution in [3.8, 4) is 5.75 Å². The molecule has 4 nitrogen and oxygen atoms in total. The molecule has 25 heavy (non-hydrogen) atoms. The van der Waals surface area contributed by atoms with Gasteiger partial charge in [-0.25, -0.2) is 0 Å². The molecule has 0 spiro atoms. The molecule has 1 fully saturated rings. The second-order valence-electron chi connectivity index (χ2n) is 5.59. The van der Waals surface area contributed by atoms with Gasteiger partial charge in [0, 0.05) is 5.69 Å². The van der Waals surface area contributed by atoms with Gasteiger partial charge in [0.05, 0.1) is 18.7 Å². The fourth-order valence-electron chi connectivity index (χ4n) is 2.41. The maximum absolute atomic E-state index is 12.6. The zero-order valence-corrected chi connectivity index (χ0v) is 15.6. The van der Waals surface area contributed by atoms with E-state index in [9.17, 15) is 4.79 Å². The van der Waals surface area contributed by atoms with Crippen molar-refractivity contribution in [3.63, 3.8) is 0 Å². The maximum Gasteiger partial charge on any atom is 0.267 e. The molecule has 0 bridgehead atoms. The van der Waals surface area contributed by atoms with Crippen LogP contribution in [0.25, 0.3) is 6.08 Å². The van der Waals surface area contributed by atoms with Gasteiger partial charge in [-0.05, 0) is 48.4 Å². The molecule has 0 unspecified atom stereocenters. The third-order valence-corrected chi connectivity index (χ3v) is 5.12. The van der Waals surface area contributed by atoms with E-state index in [2.05, 4.69) is 5.32 Å². The Bertz CT molecular complexity index is 832. The zero-order valence-electron chi connectivity index (χ0n) is 14.0. The van der Waals surface area contributed by atoms with Crippen molar-refractivity contribution in [2.75, 3.05) is 19.1 Å². The van der Waals surface area contributed by atoms with Gasteiger partial charge in [-0.1, -0.05) is 48.2 Å². The number of nitrogens with zero attached hydrogens (tertiary/aromatic N) is 1. The van der Waals surface area contributed by atoms with E-state index in [4.69, 9.17) is 17.0 Å². The molecule has 128 valence electrons. The molecule has 0 atom stereocenters. The normalized spacial score (nSPS) is 15.8. The number of aryl methyl sites for hydroxylation is 1. The quantitative estimate of drug-likeness (QED) is 0.629. The molecule has 0 aliphatic carbocycles. The summed E-state index contributed by atoms with van der Waals surface area (Å²) in [5.41, 5.74) is 3.07. The Morgan fingerprint density at radius 2 is 2.00 bits per heavy atom. The lowest BCUT2D eigenvalue weighted by Crippen LogP contribution is -2.33. The van der Waals surface area contributed by atoms with Gasteiger partial charge in [0.2, 0.25) is 0 Å². The third kappa shape index (κ3) is 4.21. The van der Waals surface area contributed by atoms with Crippen LogP contribution in [0.3, 0.4) is 0 Å². The molecule has 1 aliphatic rings. The summed E-state index contributed by atoms with van der Waals surface area (Å²) >= 11 is 6.68. The Morgan fingerprint density at radius 1 is 1.24 bits per heavy atom. The van der Waals surface area contributed by atoms with Crippen LogP contribution in [0.1, 0.15) is 11.1 Å². The second kappa shape index (κ2) is 7.72. The number of thiocarbonyl (C=S) groups is 1. The first kappa shape index (κ1) is 17.5. The number of rotatable bonds is 5. The van der Waals surface area contributed by atoms with Crippen LogP contribution in [0.2, 0.25) is 0 Å². The van der Waals surface area contributed by atoms with Gasteiger partial charge < -0.3 is 10.1 Å². The third-order valence-electron chi connectivity index (χ3n) is 3.75. The Morgan fingerprint density at radius 3 is 2.68 bits per heavy atom. The molecule has 0 radical (unpaired) electrons. The summed E-state index contributed by atoms with van der Waals surface area (Å²) in [7, 11) is 1.63. The molecule has 1 N–H and O–H groups in total. The minimum absolute atomic E-state index is 0.0778. The molecule has 1 saturated heterocycles. The number of ether oxygens (including phenoxy) is 1. The summed E-state index contributed by atoms with van der Waals surface area (Å²) in [5.74, 6) is 0.707. The zero-order chi connectivity index (χ0) is 17.8. The first-order chi connectivity index (χ1) is 12.1. The van der Waals surface area contributed by atoms with Crippen LogP contribution < -0.4 is 10.1 Å². The van der Waals surface area contributed by atoms with E-state index in [-0.39, 0.29) is 5.91 Å². The first-order valence-corrected chi connectivity index (χ1v) is 8.99. The monoisotopic (exact) mass is 370 g/mol. The molecule has 1 heterocycles. The number of hydrogen-bond donors (Lipinski definition) is 1. The molecule has 1 aliphatic heterocycles. The average Bonchev–Trinajstić information content (AvgIpc) is 2.87. The Hall–Kier alpha value is -2.31. The summed E-state index contributed by atoms with van der Waals surface area (Å²) in [4.78, 5) is 14.8. The number of carbonyl (C=O) groups excluding carboxylic acids is 1. The van der Waals surface area contributed by atoms with Gasteiger partial charge in [0.15, 0.2) is 0 Å².